The number of anilines is 1. The third-order valence-corrected chi connectivity index (χ3v) is 3.97. The molecule has 1 N–H and O–H groups in total. The zero-order valence-electron chi connectivity index (χ0n) is 14.0. The van der Waals surface area contributed by atoms with Crippen LogP contribution in [0.3, 0.4) is 0 Å². The van der Waals surface area contributed by atoms with Crippen LogP contribution in [0.5, 0.6) is 0 Å². The average molecular weight is 329 g/mol. The molecule has 0 aliphatic rings. The molecule has 0 saturated heterocycles. The monoisotopic (exact) mass is 329 g/mol. The Labute approximate surface area is 139 Å². The van der Waals surface area contributed by atoms with Crippen molar-refractivity contribution in [2.24, 2.45) is 0 Å². The molecule has 0 aliphatic carbocycles. The smallest absolute Gasteiger partial charge is 0.288 e. The van der Waals surface area contributed by atoms with Crippen molar-refractivity contribution in [3.63, 3.8) is 0 Å². The quantitative estimate of drug-likeness (QED) is 0.689. The fourth-order valence-electron chi connectivity index (χ4n) is 2.54. The molecule has 0 radical (unpaired) electrons. The number of carbonyl (C=O) groups excluding carboxylic acids is 1. The molecule has 2 rings (SSSR count). The maximum atomic E-state index is 12.5. The molecule has 24 heavy (non-hydrogen) atoms. The van der Waals surface area contributed by atoms with E-state index >= 15 is 0 Å². The fraction of sp³-hybridized carbons (Fsp3) is 0.294. The van der Waals surface area contributed by atoms with Gasteiger partial charge in [0.15, 0.2) is 0 Å². The van der Waals surface area contributed by atoms with E-state index in [1.54, 1.807) is 6.92 Å². The third kappa shape index (κ3) is 3.34. The molecule has 7 heteroatoms. The minimum Gasteiger partial charge on any atom is -0.324 e. The fourth-order valence-corrected chi connectivity index (χ4v) is 2.54. The molecule has 0 spiro atoms. The molecule has 0 fully saturated rings. The zero-order valence-corrected chi connectivity index (χ0v) is 14.0. The molecule has 1 aromatic heterocycles. The highest BCUT2D eigenvalue weighted by atomic mass is 16.6. The Balaban J connectivity index is 2.38. The lowest BCUT2D eigenvalue weighted by Gasteiger charge is -2.18. The van der Waals surface area contributed by atoms with Crippen molar-refractivity contribution in [3.8, 4) is 0 Å². The zero-order chi connectivity index (χ0) is 18.0. The maximum Gasteiger partial charge on any atom is 0.288 e. The van der Waals surface area contributed by atoms with Crippen LogP contribution < -0.4 is 10.9 Å². The number of carbonyl (C=O) groups is 1. The van der Waals surface area contributed by atoms with Crippen LogP contribution >= 0.6 is 0 Å². The van der Waals surface area contributed by atoms with Gasteiger partial charge in [0.1, 0.15) is 6.04 Å². The summed E-state index contributed by atoms with van der Waals surface area (Å²) in [4.78, 5) is 35.1. The van der Waals surface area contributed by atoms with E-state index in [0.29, 0.717) is 5.69 Å². The second-order valence-electron chi connectivity index (χ2n) is 5.75. The molecule has 7 nitrogen and oxygen atoms in total. The number of aromatic nitrogens is 1. The van der Waals surface area contributed by atoms with Gasteiger partial charge in [0.25, 0.3) is 11.2 Å². The average Bonchev–Trinajstić information content (AvgIpc) is 2.50. The topological polar surface area (TPSA) is 94.2 Å². The Kier molecular flexibility index (Phi) is 4.82. The lowest BCUT2D eigenvalue weighted by Crippen LogP contribution is -2.33. The maximum absolute atomic E-state index is 12.5. The first-order valence-electron chi connectivity index (χ1n) is 7.47. The van der Waals surface area contributed by atoms with E-state index in [0.717, 1.165) is 27.8 Å². The van der Waals surface area contributed by atoms with Gasteiger partial charge in [-0.3, -0.25) is 24.3 Å². The third-order valence-electron chi connectivity index (χ3n) is 3.97. The summed E-state index contributed by atoms with van der Waals surface area (Å²) in [5.41, 5.74) is 2.04. The van der Waals surface area contributed by atoms with Crippen molar-refractivity contribution in [1.29, 1.82) is 0 Å². The van der Waals surface area contributed by atoms with Gasteiger partial charge in [-0.15, -0.1) is 0 Å². The van der Waals surface area contributed by atoms with Crippen molar-refractivity contribution in [2.45, 2.75) is 33.7 Å². The molecule has 1 unspecified atom stereocenters. The Morgan fingerprint density at radius 2 is 1.88 bits per heavy atom. The van der Waals surface area contributed by atoms with E-state index in [1.807, 2.05) is 32.0 Å². The van der Waals surface area contributed by atoms with E-state index in [4.69, 9.17) is 0 Å². The predicted molar refractivity (Wildman–Crippen MR) is 91.4 cm³/mol. The molecule has 1 heterocycles. The Morgan fingerprint density at radius 1 is 1.21 bits per heavy atom. The Morgan fingerprint density at radius 3 is 2.50 bits per heavy atom. The second-order valence-corrected chi connectivity index (χ2v) is 5.75. The Bertz CT molecular complexity index is 871. The number of aryl methyl sites for hydroxylation is 2. The van der Waals surface area contributed by atoms with Crippen LogP contribution in [-0.4, -0.2) is 15.4 Å². The normalized spacial score (nSPS) is 11.8. The van der Waals surface area contributed by atoms with E-state index in [-0.39, 0.29) is 11.4 Å². The van der Waals surface area contributed by atoms with Crippen LogP contribution in [0, 0.1) is 30.9 Å². The molecule has 1 atom stereocenters. The van der Waals surface area contributed by atoms with Crippen LogP contribution in [0.2, 0.25) is 0 Å². The summed E-state index contributed by atoms with van der Waals surface area (Å²) in [6, 6.07) is 7.04. The number of nitrogens with one attached hydrogen (secondary N) is 1. The van der Waals surface area contributed by atoms with Gasteiger partial charge in [-0.1, -0.05) is 12.1 Å². The summed E-state index contributed by atoms with van der Waals surface area (Å²) in [7, 11) is 0. The van der Waals surface area contributed by atoms with Crippen LogP contribution in [0.1, 0.15) is 29.8 Å². The summed E-state index contributed by atoms with van der Waals surface area (Å²) < 4.78 is 1.14. The van der Waals surface area contributed by atoms with Crippen molar-refractivity contribution < 1.29 is 9.72 Å². The lowest BCUT2D eigenvalue weighted by molar-refractivity contribution is -0.386. The standard InChI is InChI=1S/C17H19N3O4/c1-10-5-6-11(2)14(9-10)18-17(22)13(4)19-12(3)15(20(23)24)7-8-16(19)21/h5-9,13H,1-4H3,(H,18,22). The summed E-state index contributed by atoms with van der Waals surface area (Å²) in [5, 5.41) is 13.8. The van der Waals surface area contributed by atoms with Crippen LogP contribution in [0.4, 0.5) is 11.4 Å². The van der Waals surface area contributed by atoms with Gasteiger partial charge < -0.3 is 5.32 Å². The summed E-state index contributed by atoms with van der Waals surface area (Å²) in [6.07, 6.45) is 0. The van der Waals surface area contributed by atoms with Gasteiger partial charge in [-0.2, -0.15) is 0 Å². The van der Waals surface area contributed by atoms with Crippen molar-refractivity contribution in [1.82, 2.24) is 4.57 Å². The molecule has 0 aliphatic heterocycles. The molecule has 0 bridgehead atoms. The number of nitro groups is 1. The molecule has 126 valence electrons. The predicted octanol–water partition coefficient (Wildman–Crippen LogP) is 2.88. The number of hydrogen-bond acceptors (Lipinski definition) is 4. The highest BCUT2D eigenvalue weighted by molar-refractivity contribution is 5.94. The van der Waals surface area contributed by atoms with Gasteiger partial charge in [0.2, 0.25) is 5.91 Å². The number of benzene rings is 1. The highest BCUT2D eigenvalue weighted by Gasteiger charge is 2.23. The number of hydrogen-bond donors (Lipinski definition) is 1. The van der Waals surface area contributed by atoms with Crippen LogP contribution in [-0.2, 0) is 4.79 Å². The van der Waals surface area contributed by atoms with Crippen LogP contribution in [0.25, 0.3) is 0 Å². The second kappa shape index (κ2) is 6.66. The minimum absolute atomic E-state index is 0.149. The first kappa shape index (κ1) is 17.4. The van der Waals surface area contributed by atoms with Crippen molar-refractivity contribution in [3.05, 3.63) is 67.6 Å². The van der Waals surface area contributed by atoms with E-state index in [1.165, 1.54) is 6.92 Å². The molecule has 2 aromatic rings. The van der Waals surface area contributed by atoms with Gasteiger partial charge in [0, 0.05) is 17.8 Å². The van der Waals surface area contributed by atoms with Gasteiger partial charge >= 0.3 is 0 Å². The van der Waals surface area contributed by atoms with Crippen molar-refractivity contribution in [2.75, 3.05) is 5.32 Å². The first-order valence-corrected chi connectivity index (χ1v) is 7.47. The van der Waals surface area contributed by atoms with Gasteiger partial charge in [0.05, 0.1) is 10.6 Å². The molecule has 0 saturated carbocycles. The Hall–Kier alpha value is -2.96. The number of rotatable bonds is 4. The number of amides is 1. The molecular formula is C17H19N3O4. The van der Waals surface area contributed by atoms with Gasteiger partial charge in [-0.05, 0) is 44.9 Å². The molecular weight excluding hydrogens is 310 g/mol. The number of pyridine rings is 1. The number of nitrogens with zero attached hydrogens (tertiary/aromatic N) is 2. The SMILES string of the molecule is Cc1ccc(C)c(NC(=O)C(C)n2c(C)c([N+](=O)[O-])ccc2=O)c1. The lowest BCUT2D eigenvalue weighted by atomic mass is 10.1. The van der Waals surface area contributed by atoms with Crippen LogP contribution in [0.15, 0.2) is 35.1 Å². The first-order chi connectivity index (χ1) is 11.2. The van der Waals surface area contributed by atoms with Crippen molar-refractivity contribution >= 4 is 17.3 Å². The molecule has 1 aromatic carbocycles. The van der Waals surface area contributed by atoms with E-state index in [9.17, 15) is 19.7 Å². The van der Waals surface area contributed by atoms with E-state index in [2.05, 4.69) is 5.32 Å². The van der Waals surface area contributed by atoms with E-state index < -0.39 is 22.4 Å². The molecule has 1 amide bonds. The van der Waals surface area contributed by atoms with Gasteiger partial charge in [-0.25, -0.2) is 0 Å². The highest BCUT2D eigenvalue weighted by Crippen LogP contribution is 2.21. The summed E-state index contributed by atoms with van der Waals surface area (Å²) >= 11 is 0. The largest absolute Gasteiger partial charge is 0.324 e. The minimum atomic E-state index is -0.877. The summed E-state index contributed by atoms with van der Waals surface area (Å²) in [5.74, 6) is -0.408. The summed E-state index contributed by atoms with van der Waals surface area (Å²) in [6.45, 7) is 6.78.